The summed E-state index contributed by atoms with van der Waals surface area (Å²) >= 11 is 0. The van der Waals surface area contributed by atoms with Crippen LogP contribution in [0.15, 0.2) is 12.2 Å². The fraction of sp³-hybridized carbons (Fsp3) is 0.750. The Bertz CT molecular complexity index is 202. The summed E-state index contributed by atoms with van der Waals surface area (Å²) in [5, 5.41) is 17.6. The minimum Gasteiger partial charge on any atom is -0.478 e. The topological polar surface area (TPSA) is 125 Å². The minimum absolute atomic E-state index is 0.176. The first-order valence-electron chi connectivity index (χ1n) is 6.47. The third-order valence-corrected chi connectivity index (χ3v) is 1.96. The van der Waals surface area contributed by atoms with E-state index in [1.807, 2.05) is 0 Å². The molecule has 0 fully saturated rings. The SMILES string of the molecule is C=C(C)C(=O)O.NCCNCCNCCNCCN. The molecule has 0 aromatic rings. The molecule has 0 aromatic heterocycles. The number of nitrogens with two attached hydrogens (primary N) is 2. The molecule has 7 heteroatoms. The molecule has 0 aliphatic rings. The van der Waals surface area contributed by atoms with Crippen molar-refractivity contribution in [1.29, 1.82) is 0 Å². The molecule has 0 aliphatic heterocycles. The molecule has 7 nitrogen and oxygen atoms in total. The molecule has 0 atom stereocenters. The summed E-state index contributed by atoms with van der Waals surface area (Å²) in [6.07, 6.45) is 0. The standard InChI is InChI=1S/C8H23N5.C4H6O2/c9-1-3-11-5-7-13-8-6-12-4-2-10;1-3(2)4(5)6/h11-13H,1-10H2;1H2,2H3,(H,5,6). The van der Waals surface area contributed by atoms with Gasteiger partial charge in [-0.1, -0.05) is 6.58 Å². The summed E-state index contributed by atoms with van der Waals surface area (Å²) in [7, 11) is 0. The lowest BCUT2D eigenvalue weighted by Crippen LogP contribution is -2.35. The Kier molecular flexibility index (Phi) is 18.2. The summed E-state index contributed by atoms with van der Waals surface area (Å²) < 4.78 is 0. The van der Waals surface area contributed by atoms with Crippen LogP contribution in [-0.4, -0.2) is 63.4 Å². The van der Waals surface area contributed by atoms with Crippen molar-refractivity contribution < 1.29 is 9.90 Å². The van der Waals surface area contributed by atoms with E-state index in [1.165, 1.54) is 6.92 Å². The summed E-state index contributed by atoms with van der Waals surface area (Å²) in [5.41, 5.74) is 10.8. The normalized spacial score (nSPS) is 9.63. The van der Waals surface area contributed by atoms with Gasteiger partial charge < -0.3 is 32.5 Å². The molecule has 0 saturated carbocycles. The lowest BCUT2D eigenvalue weighted by Gasteiger charge is -2.06. The quantitative estimate of drug-likeness (QED) is 0.196. The molecule has 0 rings (SSSR count). The molecule has 0 radical (unpaired) electrons. The van der Waals surface area contributed by atoms with Gasteiger partial charge in [-0.05, 0) is 6.92 Å². The number of rotatable bonds is 11. The van der Waals surface area contributed by atoms with Crippen LogP contribution in [0.4, 0.5) is 0 Å². The van der Waals surface area contributed by atoms with Crippen LogP contribution in [0.5, 0.6) is 0 Å². The number of aliphatic carboxylic acids is 1. The molecule has 0 heterocycles. The Hall–Kier alpha value is -0.990. The van der Waals surface area contributed by atoms with Crippen LogP contribution >= 0.6 is 0 Å². The number of carboxylic acid groups (broad SMARTS) is 1. The summed E-state index contributed by atoms with van der Waals surface area (Å²) in [6, 6.07) is 0. The van der Waals surface area contributed by atoms with Crippen molar-refractivity contribution in [2.24, 2.45) is 11.5 Å². The highest BCUT2D eigenvalue weighted by Gasteiger charge is 1.90. The highest BCUT2D eigenvalue weighted by Crippen LogP contribution is 1.81. The van der Waals surface area contributed by atoms with Crippen molar-refractivity contribution in [2.45, 2.75) is 6.92 Å². The van der Waals surface area contributed by atoms with Gasteiger partial charge in [-0.15, -0.1) is 0 Å². The fourth-order valence-electron chi connectivity index (χ4n) is 0.933. The second-order valence-corrected chi connectivity index (χ2v) is 3.91. The van der Waals surface area contributed by atoms with Gasteiger partial charge in [0.15, 0.2) is 0 Å². The van der Waals surface area contributed by atoms with Crippen LogP contribution in [0.2, 0.25) is 0 Å². The molecular weight excluding hydrogens is 246 g/mol. The van der Waals surface area contributed by atoms with Gasteiger partial charge in [-0.25, -0.2) is 4.79 Å². The lowest BCUT2D eigenvalue weighted by atomic mass is 10.4. The summed E-state index contributed by atoms with van der Waals surface area (Å²) in [6.45, 7) is 11.7. The molecule has 0 aromatic carbocycles. The van der Waals surface area contributed by atoms with E-state index in [2.05, 4.69) is 22.5 Å². The van der Waals surface area contributed by atoms with Crippen molar-refractivity contribution in [3.8, 4) is 0 Å². The van der Waals surface area contributed by atoms with Crippen LogP contribution in [0.3, 0.4) is 0 Å². The van der Waals surface area contributed by atoms with E-state index < -0.39 is 5.97 Å². The Morgan fingerprint density at radius 3 is 1.42 bits per heavy atom. The van der Waals surface area contributed by atoms with Gasteiger partial charge in [0, 0.05) is 57.9 Å². The van der Waals surface area contributed by atoms with Crippen molar-refractivity contribution in [2.75, 3.05) is 52.4 Å². The molecular formula is C12H29N5O2. The monoisotopic (exact) mass is 275 g/mol. The largest absolute Gasteiger partial charge is 0.478 e. The fourth-order valence-corrected chi connectivity index (χ4v) is 0.933. The Morgan fingerprint density at radius 1 is 0.947 bits per heavy atom. The maximum absolute atomic E-state index is 9.60. The van der Waals surface area contributed by atoms with Crippen molar-refractivity contribution in [1.82, 2.24) is 16.0 Å². The maximum Gasteiger partial charge on any atom is 0.330 e. The average molecular weight is 275 g/mol. The molecule has 8 N–H and O–H groups in total. The second kappa shape index (κ2) is 17.0. The first-order chi connectivity index (χ1) is 9.06. The average Bonchev–Trinajstić information content (AvgIpc) is 2.37. The van der Waals surface area contributed by atoms with Crippen LogP contribution < -0.4 is 27.4 Å². The van der Waals surface area contributed by atoms with Gasteiger partial charge in [-0.3, -0.25) is 0 Å². The molecule has 0 spiro atoms. The van der Waals surface area contributed by atoms with E-state index in [1.54, 1.807) is 0 Å². The van der Waals surface area contributed by atoms with E-state index in [0.29, 0.717) is 13.1 Å². The Balaban J connectivity index is 0. The third kappa shape index (κ3) is 22.6. The zero-order valence-electron chi connectivity index (χ0n) is 11.9. The first kappa shape index (κ1) is 20.3. The maximum atomic E-state index is 9.60. The lowest BCUT2D eigenvalue weighted by molar-refractivity contribution is -0.132. The van der Waals surface area contributed by atoms with Crippen molar-refractivity contribution in [3.05, 3.63) is 12.2 Å². The Morgan fingerprint density at radius 2 is 1.21 bits per heavy atom. The van der Waals surface area contributed by atoms with E-state index >= 15 is 0 Å². The number of hydrogen-bond acceptors (Lipinski definition) is 6. The van der Waals surface area contributed by atoms with Gasteiger partial charge in [0.25, 0.3) is 0 Å². The van der Waals surface area contributed by atoms with Gasteiger partial charge >= 0.3 is 5.97 Å². The highest BCUT2D eigenvalue weighted by molar-refractivity contribution is 5.84. The predicted molar refractivity (Wildman–Crippen MR) is 79.2 cm³/mol. The number of carboxylic acids is 1. The van der Waals surface area contributed by atoms with E-state index in [-0.39, 0.29) is 5.57 Å². The van der Waals surface area contributed by atoms with Crippen LogP contribution in [0, 0.1) is 0 Å². The van der Waals surface area contributed by atoms with Gasteiger partial charge in [0.05, 0.1) is 0 Å². The molecule has 0 amide bonds. The molecule has 19 heavy (non-hydrogen) atoms. The molecule has 0 saturated heterocycles. The molecule has 0 unspecified atom stereocenters. The Labute approximate surface area is 115 Å². The van der Waals surface area contributed by atoms with Gasteiger partial charge in [0.2, 0.25) is 0 Å². The first-order valence-corrected chi connectivity index (χ1v) is 6.47. The van der Waals surface area contributed by atoms with Gasteiger partial charge in [-0.2, -0.15) is 0 Å². The third-order valence-electron chi connectivity index (χ3n) is 1.96. The second-order valence-electron chi connectivity index (χ2n) is 3.91. The van der Waals surface area contributed by atoms with Crippen LogP contribution in [0.1, 0.15) is 6.92 Å². The van der Waals surface area contributed by atoms with E-state index in [9.17, 15) is 4.79 Å². The van der Waals surface area contributed by atoms with Crippen LogP contribution in [-0.2, 0) is 4.79 Å². The van der Waals surface area contributed by atoms with Gasteiger partial charge in [0.1, 0.15) is 0 Å². The summed E-state index contributed by atoms with van der Waals surface area (Å²) in [5.74, 6) is -0.935. The zero-order chi connectivity index (χ0) is 14.9. The number of hydrogen-bond donors (Lipinski definition) is 6. The number of carbonyl (C=O) groups is 1. The van der Waals surface area contributed by atoms with E-state index in [4.69, 9.17) is 16.6 Å². The van der Waals surface area contributed by atoms with Crippen molar-refractivity contribution >= 4 is 5.97 Å². The van der Waals surface area contributed by atoms with E-state index in [0.717, 1.165) is 39.3 Å². The smallest absolute Gasteiger partial charge is 0.330 e. The molecule has 114 valence electrons. The van der Waals surface area contributed by atoms with Crippen LogP contribution in [0.25, 0.3) is 0 Å². The minimum atomic E-state index is -0.935. The predicted octanol–water partition coefficient (Wildman–Crippen LogP) is -1.68. The molecule has 0 aliphatic carbocycles. The zero-order valence-corrected chi connectivity index (χ0v) is 11.9. The highest BCUT2D eigenvalue weighted by atomic mass is 16.4. The number of nitrogens with one attached hydrogen (secondary N) is 3. The molecule has 0 bridgehead atoms. The summed E-state index contributed by atoms with van der Waals surface area (Å²) in [4.78, 5) is 9.60. The van der Waals surface area contributed by atoms with Crippen molar-refractivity contribution in [3.63, 3.8) is 0 Å².